The summed E-state index contributed by atoms with van der Waals surface area (Å²) in [4.78, 5) is 0. The van der Waals surface area contributed by atoms with Crippen molar-refractivity contribution in [3.63, 3.8) is 0 Å². The molecule has 0 saturated carbocycles. The van der Waals surface area contributed by atoms with Gasteiger partial charge in [0.15, 0.2) is 0 Å². The molecule has 0 radical (unpaired) electrons. The highest BCUT2D eigenvalue weighted by Gasteiger charge is 2.39. The lowest BCUT2D eigenvalue weighted by molar-refractivity contribution is 0.243. The monoisotopic (exact) mass is 278 g/mol. The van der Waals surface area contributed by atoms with Gasteiger partial charge in [-0.1, -0.05) is 36.4 Å². The Morgan fingerprint density at radius 1 is 1.14 bits per heavy atom. The molecule has 0 amide bonds. The molecule has 1 aliphatic carbocycles. The Hall–Kier alpha value is -2.29. The third-order valence-corrected chi connectivity index (χ3v) is 4.63. The fourth-order valence-electron chi connectivity index (χ4n) is 3.72. The van der Waals surface area contributed by atoms with E-state index in [2.05, 4.69) is 35.3 Å². The number of hydrazone groups is 1. The summed E-state index contributed by atoms with van der Waals surface area (Å²) in [5, 5.41) is 16.6. The van der Waals surface area contributed by atoms with Gasteiger partial charge in [-0.25, -0.2) is 0 Å². The molecule has 0 unspecified atom stereocenters. The van der Waals surface area contributed by atoms with E-state index in [0.29, 0.717) is 11.7 Å². The van der Waals surface area contributed by atoms with Gasteiger partial charge >= 0.3 is 0 Å². The summed E-state index contributed by atoms with van der Waals surface area (Å²) < 4.78 is 0. The second kappa shape index (κ2) is 4.62. The number of phenols is 1. The first kappa shape index (κ1) is 12.5. The Morgan fingerprint density at radius 3 is 2.86 bits per heavy atom. The van der Waals surface area contributed by atoms with Crippen molar-refractivity contribution in [3.05, 3.63) is 65.2 Å². The Bertz CT molecular complexity index is 723. The fraction of sp³-hybridized carbons (Fsp3) is 0.278. The zero-order valence-corrected chi connectivity index (χ0v) is 12.0. The SMILES string of the molecule is CN1N=C2c3ccccc3CC[C@H]2[C@H]1c1cccc(O)c1. The normalized spacial score (nSPS) is 23.5. The standard InChI is InChI=1S/C18H18N2O/c1-20-18(13-6-4-7-14(21)11-13)16-10-9-12-5-2-3-8-15(12)17(16)19-20/h2-8,11,16,18,21H,9-10H2,1H3/t16-,18-/m1/s1. The van der Waals surface area contributed by atoms with Gasteiger partial charge < -0.3 is 5.11 Å². The maximum Gasteiger partial charge on any atom is 0.115 e. The van der Waals surface area contributed by atoms with Crippen LogP contribution in [-0.4, -0.2) is 22.9 Å². The van der Waals surface area contributed by atoms with Gasteiger partial charge in [-0.3, -0.25) is 5.01 Å². The molecule has 3 nitrogen and oxygen atoms in total. The zero-order chi connectivity index (χ0) is 14.4. The number of hydrogen-bond donors (Lipinski definition) is 1. The van der Waals surface area contributed by atoms with Crippen molar-refractivity contribution < 1.29 is 5.11 Å². The Labute approximate surface area is 124 Å². The lowest BCUT2D eigenvalue weighted by Gasteiger charge is -2.29. The second-order valence-electron chi connectivity index (χ2n) is 5.90. The highest BCUT2D eigenvalue weighted by Crippen LogP contribution is 2.42. The molecule has 106 valence electrons. The number of fused-ring (bicyclic) bond motifs is 3. The topological polar surface area (TPSA) is 35.8 Å². The molecular formula is C18H18N2O. The molecule has 1 N–H and O–H groups in total. The molecule has 21 heavy (non-hydrogen) atoms. The van der Waals surface area contributed by atoms with Crippen LogP contribution in [0.15, 0.2) is 53.6 Å². The molecule has 0 bridgehead atoms. The minimum absolute atomic E-state index is 0.223. The summed E-state index contributed by atoms with van der Waals surface area (Å²) in [6.07, 6.45) is 2.21. The third kappa shape index (κ3) is 1.92. The number of aryl methyl sites for hydroxylation is 1. The Morgan fingerprint density at radius 2 is 2.00 bits per heavy atom. The van der Waals surface area contributed by atoms with E-state index >= 15 is 0 Å². The van der Waals surface area contributed by atoms with Crippen molar-refractivity contribution in [1.29, 1.82) is 0 Å². The molecule has 0 saturated heterocycles. The van der Waals surface area contributed by atoms with E-state index in [1.54, 1.807) is 6.07 Å². The predicted molar refractivity (Wildman–Crippen MR) is 83.4 cm³/mol. The number of rotatable bonds is 1. The van der Waals surface area contributed by atoms with Crippen LogP contribution in [0.4, 0.5) is 0 Å². The Balaban J connectivity index is 1.76. The van der Waals surface area contributed by atoms with Gasteiger partial charge in [0, 0.05) is 18.5 Å². The van der Waals surface area contributed by atoms with Crippen LogP contribution < -0.4 is 0 Å². The minimum atomic E-state index is 0.223. The van der Waals surface area contributed by atoms with Crippen LogP contribution in [0, 0.1) is 5.92 Å². The smallest absolute Gasteiger partial charge is 0.115 e. The van der Waals surface area contributed by atoms with Crippen molar-refractivity contribution in [1.82, 2.24) is 5.01 Å². The molecule has 2 atom stereocenters. The number of aromatic hydroxyl groups is 1. The van der Waals surface area contributed by atoms with Crippen molar-refractivity contribution in [2.75, 3.05) is 7.05 Å². The molecule has 2 aromatic rings. The lowest BCUT2D eigenvalue weighted by atomic mass is 9.77. The van der Waals surface area contributed by atoms with E-state index in [4.69, 9.17) is 5.10 Å². The summed E-state index contributed by atoms with van der Waals surface area (Å²) in [5.74, 6) is 0.734. The van der Waals surface area contributed by atoms with E-state index in [1.165, 1.54) is 16.8 Å². The van der Waals surface area contributed by atoms with Gasteiger partial charge in [-0.2, -0.15) is 5.10 Å². The first-order valence-electron chi connectivity index (χ1n) is 7.42. The van der Waals surface area contributed by atoms with Crippen LogP contribution in [0.1, 0.15) is 29.2 Å². The van der Waals surface area contributed by atoms with Gasteiger partial charge in [-0.05, 0) is 36.1 Å². The van der Waals surface area contributed by atoms with Crippen molar-refractivity contribution in [2.45, 2.75) is 18.9 Å². The summed E-state index contributed by atoms with van der Waals surface area (Å²) >= 11 is 0. The lowest BCUT2D eigenvalue weighted by Crippen LogP contribution is -2.27. The highest BCUT2D eigenvalue weighted by molar-refractivity contribution is 6.05. The molecule has 1 aliphatic heterocycles. The molecule has 3 heteroatoms. The van der Waals surface area contributed by atoms with Crippen molar-refractivity contribution in [2.24, 2.45) is 11.0 Å². The number of nitrogens with zero attached hydrogens (tertiary/aromatic N) is 2. The summed E-state index contributed by atoms with van der Waals surface area (Å²) in [5.41, 5.74) is 5.04. The summed E-state index contributed by atoms with van der Waals surface area (Å²) in [6, 6.07) is 16.4. The van der Waals surface area contributed by atoms with E-state index in [1.807, 2.05) is 19.2 Å². The molecule has 4 rings (SSSR count). The van der Waals surface area contributed by atoms with Gasteiger partial charge in [0.1, 0.15) is 5.75 Å². The van der Waals surface area contributed by atoms with Crippen LogP contribution >= 0.6 is 0 Å². The van der Waals surface area contributed by atoms with Crippen LogP contribution in [0.25, 0.3) is 0 Å². The van der Waals surface area contributed by atoms with Crippen molar-refractivity contribution >= 4 is 5.71 Å². The molecule has 2 aliphatic rings. The van der Waals surface area contributed by atoms with Crippen LogP contribution in [0.2, 0.25) is 0 Å². The number of benzene rings is 2. The maximum absolute atomic E-state index is 9.76. The molecule has 0 fully saturated rings. The van der Waals surface area contributed by atoms with E-state index in [9.17, 15) is 5.11 Å². The van der Waals surface area contributed by atoms with Gasteiger partial charge in [0.2, 0.25) is 0 Å². The molecule has 0 aromatic heterocycles. The zero-order valence-electron chi connectivity index (χ0n) is 12.0. The minimum Gasteiger partial charge on any atom is -0.508 e. The highest BCUT2D eigenvalue weighted by atomic mass is 16.3. The molecule has 2 aromatic carbocycles. The fourth-order valence-corrected chi connectivity index (χ4v) is 3.72. The average molecular weight is 278 g/mol. The van der Waals surface area contributed by atoms with Gasteiger partial charge in [-0.15, -0.1) is 0 Å². The number of phenolic OH excluding ortho intramolecular Hbond substituents is 1. The molecular weight excluding hydrogens is 260 g/mol. The number of hydrogen-bond acceptors (Lipinski definition) is 3. The largest absolute Gasteiger partial charge is 0.508 e. The van der Waals surface area contributed by atoms with Crippen LogP contribution in [0.5, 0.6) is 5.75 Å². The third-order valence-electron chi connectivity index (χ3n) is 4.63. The van der Waals surface area contributed by atoms with Crippen LogP contribution in [0.3, 0.4) is 0 Å². The predicted octanol–water partition coefficient (Wildman–Crippen LogP) is 3.35. The first-order valence-corrected chi connectivity index (χ1v) is 7.42. The van der Waals surface area contributed by atoms with Crippen molar-refractivity contribution in [3.8, 4) is 5.75 Å². The van der Waals surface area contributed by atoms with E-state index in [-0.39, 0.29) is 6.04 Å². The Kier molecular flexibility index (Phi) is 2.74. The van der Waals surface area contributed by atoms with E-state index in [0.717, 1.165) is 18.4 Å². The second-order valence-corrected chi connectivity index (χ2v) is 5.90. The molecule has 1 heterocycles. The van der Waals surface area contributed by atoms with E-state index < -0.39 is 0 Å². The van der Waals surface area contributed by atoms with Gasteiger partial charge in [0.05, 0.1) is 11.8 Å². The quantitative estimate of drug-likeness (QED) is 0.868. The summed E-state index contributed by atoms with van der Waals surface area (Å²) in [6.45, 7) is 0. The van der Waals surface area contributed by atoms with Crippen LogP contribution in [-0.2, 0) is 6.42 Å². The first-order chi connectivity index (χ1) is 10.2. The maximum atomic E-state index is 9.76. The van der Waals surface area contributed by atoms with Gasteiger partial charge in [0.25, 0.3) is 0 Å². The molecule has 0 spiro atoms. The average Bonchev–Trinajstić information content (AvgIpc) is 2.83. The summed E-state index contributed by atoms with van der Waals surface area (Å²) in [7, 11) is 2.03.